The van der Waals surface area contributed by atoms with Gasteiger partial charge < -0.3 is 10.0 Å². The first-order chi connectivity index (χ1) is 16.5. The van der Waals surface area contributed by atoms with Crippen molar-refractivity contribution in [2.45, 2.75) is 70.4 Å². The number of hydrogen-bond donors (Lipinski definition) is 3. The fourth-order valence-corrected chi connectivity index (χ4v) is 5.87. The summed E-state index contributed by atoms with van der Waals surface area (Å²) >= 11 is 0. The van der Waals surface area contributed by atoms with Gasteiger partial charge in [0.1, 0.15) is 6.04 Å². The molecule has 1 fully saturated rings. The molecule has 0 radical (unpaired) electrons. The van der Waals surface area contributed by atoms with Crippen LogP contribution in [0.15, 0.2) is 18.2 Å². The quantitative estimate of drug-likeness (QED) is 0.463. The zero-order valence-corrected chi connectivity index (χ0v) is 21.4. The summed E-state index contributed by atoms with van der Waals surface area (Å²) in [6.07, 6.45) is -0.806. The smallest absolute Gasteiger partial charge is 0.390 e. The van der Waals surface area contributed by atoms with Gasteiger partial charge in [-0.3, -0.25) is 20.4 Å². The summed E-state index contributed by atoms with van der Waals surface area (Å²) in [7, 11) is -3.83. The molecule has 1 amide bonds. The first-order valence-corrected chi connectivity index (χ1v) is 13.7. The van der Waals surface area contributed by atoms with Crippen molar-refractivity contribution in [1.29, 1.82) is 0 Å². The summed E-state index contributed by atoms with van der Waals surface area (Å²) in [5.41, 5.74) is 0.545. The van der Waals surface area contributed by atoms with E-state index < -0.39 is 33.7 Å². The first kappa shape index (κ1) is 26.7. The van der Waals surface area contributed by atoms with E-state index in [0.717, 1.165) is 11.2 Å². The Morgan fingerprint density at radius 3 is 2.42 bits per heavy atom. The molecule has 4 rings (SSSR count). The number of hydrazine groups is 2. The van der Waals surface area contributed by atoms with Gasteiger partial charge in [0.05, 0.1) is 35.3 Å². The third kappa shape index (κ3) is 4.93. The molecule has 1 aromatic carbocycles. The molecule has 3 aliphatic rings. The maximum absolute atomic E-state index is 13.7. The minimum atomic E-state index is -4.62. The van der Waals surface area contributed by atoms with Crippen LogP contribution < -0.4 is 10.6 Å². The van der Waals surface area contributed by atoms with Crippen LogP contribution in [0.1, 0.15) is 61.5 Å². The molecule has 36 heavy (non-hydrogen) atoms. The van der Waals surface area contributed by atoms with Crippen molar-refractivity contribution in [2.24, 2.45) is 11.8 Å². The number of hydrogen-bond acceptors (Lipinski definition) is 7. The van der Waals surface area contributed by atoms with E-state index in [9.17, 15) is 31.5 Å². The highest BCUT2D eigenvalue weighted by Crippen LogP contribution is 2.45. The van der Waals surface area contributed by atoms with Gasteiger partial charge in [0, 0.05) is 18.2 Å². The molecule has 9 nitrogen and oxygen atoms in total. The van der Waals surface area contributed by atoms with Gasteiger partial charge in [-0.15, -0.1) is 0 Å². The molecule has 0 aromatic heterocycles. The van der Waals surface area contributed by atoms with E-state index >= 15 is 0 Å². The van der Waals surface area contributed by atoms with Crippen LogP contribution in [0.5, 0.6) is 0 Å². The molecule has 4 N–H and O–H groups in total. The zero-order chi connectivity index (χ0) is 26.8. The zero-order valence-electron chi connectivity index (χ0n) is 20.6. The Bertz CT molecular complexity index is 1190. The lowest BCUT2D eigenvalue weighted by atomic mass is 9.71. The highest BCUT2D eigenvalue weighted by molar-refractivity contribution is 7.92. The topological polar surface area (TPSA) is 119 Å². The molecule has 0 bridgehead atoms. The standard InChI is InChI=1S/C23H32F3N5O4S/c1-5-19(23(24,25)26)29-12-14-8-13(9-17(20(14)21(29)32)28-36(4,34)35)18-6-7-30(27)31(18)16-10-15(11-16)22(2,3)33/h6,8-9,15-16,19,28,33H,5,7,10-12,27H2,1-4H3. The number of rotatable bonds is 7. The molecule has 13 heteroatoms. The van der Waals surface area contributed by atoms with Crippen LogP contribution in [0.4, 0.5) is 18.9 Å². The molecule has 200 valence electrons. The Balaban J connectivity index is 1.72. The number of nitrogens with two attached hydrogens (primary N) is 1. The Kier molecular flexibility index (Phi) is 6.60. The highest BCUT2D eigenvalue weighted by atomic mass is 32.2. The second-order valence-electron chi connectivity index (χ2n) is 10.4. The van der Waals surface area contributed by atoms with Gasteiger partial charge in [0.15, 0.2) is 0 Å². The number of benzene rings is 1. The fourth-order valence-electron chi connectivity index (χ4n) is 5.31. The van der Waals surface area contributed by atoms with Crippen molar-refractivity contribution in [3.8, 4) is 0 Å². The number of aliphatic hydroxyl groups is 1. The molecular weight excluding hydrogens is 499 g/mol. The summed E-state index contributed by atoms with van der Waals surface area (Å²) in [6, 6.07) is 1.11. The Morgan fingerprint density at radius 2 is 1.89 bits per heavy atom. The van der Waals surface area contributed by atoms with Gasteiger partial charge >= 0.3 is 6.18 Å². The Morgan fingerprint density at radius 1 is 1.25 bits per heavy atom. The molecule has 1 unspecified atom stereocenters. The van der Waals surface area contributed by atoms with Crippen LogP contribution in [0.2, 0.25) is 0 Å². The van der Waals surface area contributed by atoms with Gasteiger partial charge in [-0.2, -0.15) is 18.3 Å². The van der Waals surface area contributed by atoms with Crippen molar-refractivity contribution in [2.75, 3.05) is 17.5 Å². The Labute approximate surface area is 208 Å². The van der Waals surface area contributed by atoms with Crippen LogP contribution in [0.25, 0.3) is 5.70 Å². The van der Waals surface area contributed by atoms with E-state index in [1.165, 1.54) is 18.1 Å². The minimum absolute atomic E-state index is 0.00687. The molecule has 2 heterocycles. The van der Waals surface area contributed by atoms with E-state index in [2.05, 4.69) is 4.72 Å². The minimum Gasteiger partial charge on any atom is -0.390 e. The average molecular weight is 532 g/mol. The lowest BCUT2D eigenvalue weighted by Gasteiger charge is -2.49. The summed E-state index contributed by atoms with van der Waals surface area (Å²) in [6.45, 7) is 4.95. The number of carbonyl (C=O) groups excluding carboxylic acids is 1. The number of halogens is 3. The molecule has 1 aliphatic carbocycles. The third-order valence-corrected chi connectivity index (χ3v) is 7.81. The number of anilines is 1. The lowest BCUT2D eigenvalue weighted by Crippen LogP contribution is -2.56. The molecule has 1 aromatic rings. The summed E-state index contributed by atoms with van der Waals surface area (Å²) < 4.78 is 67.5. The van der Waals surface area contributed by atoms with E-state index in [1.54, 1.807) is 19.9 Å². The lowest BCUT2D eigenvalue weighted by molar-refractivity contribution is -0.177. The van der Waals surface area contributed by atoms with Gasteiger partial charge in [-0.25, -0.2) is 8.42 Å². The van der Waals surface area contributed by atoms with Gasteiger partial charge in [-0.05, 0) is 62.8 Å². The number of nitrogens with zero attached hydrogens (tertiary/aromatic N) is 3. The van der Waals surface area contributed by atoms with Crippen LogP contribution in [0.3, 0.4) is 0 Å². The second-order valence-corrected chi connectivity index (χ2v) is 12.1. The molecule has 2 aliphatic heterocycles. The van der Waals surface area contributed by atoms with E-state index in [4.69, 9.17) is 5.84 Å². The predicted molar refractivity (Wildman–Crippen MR) is 128 cm³/mol. The second kappa shape index (κ2) is 8.89. The van der Waals surface area contributed by atoms with Crippen molar-refractivity contribution in [3.63, 3.8) is 0 Å². The fraction of sp³-hybridized carbons (Fsp3) is 0.609. The number of fused-ring (bicyclic) bond motifs is 1. The number of sulfonamides is 1. The maximum Gasteiger partial charge on any atom is 0.408 e. The van der Waals surface area contributed by atoms with Gasteiger partial charge in [-0.1, -0.05) is 6.92 Å². The van der Waals surface area contributed by atoms with Crippen LogP contribution >= 0.6 is 0 Å². The SMILES string of the molecule is CCC(N1Cc2cc(C3=CCN(N)N3C3CC(C(C)(C)O)C3)cc(NS(C)(=O)=O)c2C1=O)C(F)(F)F. The van der Waals surface area contributed by atoms with Crippen molar-refractivity contribution in [3.05, 3.63) is 34.9 Å². The van der Waals surface area contributed by atoms with E-state index in [-0.39, 0.29) is 36.2 Å². The molecule has 0 spiro atoms. The van der Waals surface area contributed by atoms with Crippen LogP contribution in [0, 0.1) is 5.92 Å². The molecule has 1 saturated carbocycles. The van der Waals surface area contributed by atoms with Crippen molar-refractivity contribution >= 4 is 27.3 Å². The normalized spacial score (nSPS) is 24.0. The average Bonchev–Trinajstić information content (AvgIpc) is 3.19. The molecule has 0 saturated heterocycles. The summed E-state index contributed by atoms with van der Waals surface area (Å²) in [4.78, 5) is 13.9. The van der Waals surface area contributed by atoms with Crippen molar-refractivity contribution in [1.82, 2.24) is 15.0 Å². The number of nitrogens with one attached hydrogen (secondary N) is 1. The van der Waals surface area contributed by atoms with E-state index in [0.29, 0.717) is 36.2 Å². The monoisotopic (exact) mass is 531 g/mol. The third-order valence-electron chi connectivity index (χ3n) is 7.22. The number of alkyl halides is 3. The van der Waals surface area contributed by atoms with E-state index in [1.807, 2.05) is 11.1 Å². The van der Waals surface area contributed by atoms with Gasteiger partial charge in [0.2, 0.25) is 10.0 Å². The highest BCUT2D eigenvalue weighted by Gasteiger charge is 2.48. The largest absolute Gasteiger partial charge is 0.408 e. The van der Waals surface area contributed by atoms with Gasteiger partial charge in [0.25, 0.3) is 5.91 Å². The number of amides is 1. The molecular formula is C23H32F3N5O4S. The first-order valence-electron chi connectivity index (χ1n) is 11.8. The Hall–Kier alpha value is -2.35. The number of carbonyl (C=O) groups is 1. The predicted octanol–water partition coefficient (Wildman–Crippen LogP) is 2.65. The van der Waals surface area contributed by atoms with Crippen LogP contribution in [-0.4, -0.2) is 71.1 Å². The van der Waals surface area contributed by atoms with Crippen molar-refractivity contribution < 1.29 is 31.5 Å². The maximum atomic E-state index is 13.7. The molecule has 1 atom stereocenters. The summed E-state index contributed by atoms with van der Waals surface area (Å²) in [5, 5.41) is 13.7. The van der Waals surface area contributed by atoms with Crippen LogP contribution in [-0.2, 0) is 16.6 Å². The summed E-state index contributed by atoms with van der Waals surface area (Å²) in [5.74, 6) is 5.44.